The van der Waals surface area contributed by atoms with Gasteiger partial charge in [0, 0.05) is 0 Å². The zero-order valence-corrected chi connectivity index (χ0v) is 10.1. The first-order chi connectivity index (χ1) is 7.67. The summed E-state index contributed by atoms with van der Waals surface area (Å²) in [6, 6.07) is 5.30. The van der Waals surface area contributed by atoms with Crippen LogP contribution in [0.2, 0.25) is 0 Å². The highest BCUT2D eigenvalue weighted by atomic mass is 31.1. The monoisotopic (exact) mass is 240 g/mol. The Morgan fingerprint density at radius 1 is 1.44 bits per heavy atom. The number of methoxy groups -OCH3 is 1. The van der Waals surface area contributed by atoms with Crippen LogP contribution in [0.4, 0.5) is 0 Å². The maximum Gasteiger partial charge on any atom is 0.350 e. The first kappa shape index (κ1) is 12.7. The van der Waals surface area contributed by atoms with Gasteiger partial charge in [-0.1, -0.05) is 22.8 Å². The first-order valence-corrected chi connectivity index (χ1v) is 6.09. The lowest BCUT2D eigenvalue weighted by Crippen LogP contribution is -2.00. The zero-order valence-electron chi connectivity index (χ0n) is 9.17. The molecule has 0 saturated carbocycles. The maximum atomic E-state index is 10.4. The number of hydrogen-bond acceptors (Lipinski definition) is 4. The highest BCUT2D eigenvalue weighted by molar-refractivity contribution is 7.36. The summed E-state index contributed by atoms with van der Waals surface area (Å²) in [5, 5.41) is 0. The Morgan fingerprint density at radius 2 is 2.19 bits per heavy atom. The van der Waals surface area contributed by atoms with Crippen LogP contribution < -0.4 is 14.4 Å². The molecule has 0 N–H and O–H groups in total. The summed E-state index contributed by atoms with van der Waals surface area (Å²) in [5.41, 5.74) is 0.971. The quantitative estimate of drug-likeness (QED) is 0.740. The second-order valence-corrected chi connectivity index (χ2v) is 3.94. The van der Waals surface area contributed by atoms with Crippen molar-refractivity contribution in [2.45, 2.75) is 6.92 Å². The number of allylic oxidation sites excluding steroid dienone is 1. The molecule has 0 fully saturated rings. The fraction of sp³-hybridized carbons (Fsp3) is 0.273. The lowest BCUT2D eigenvalue weighted by atomic mass is 10.2. The molecule has 1 atom stereocenters. The molecule has 0 amide bonds. The fourth-order valence-electron chi connectivity index (χ4n) is 1.22. The molecule has 0 aliphatic carbocycles. The Hall–Kier alpha value is -1.38. The second-order valence-electron chi connectivity index (χ2n) is 3.02. The molecule has 0 aliphatic rings. The lowest BCUT2D eigenvalue weighted by molar-refractivity contribution is -0.166. The largest absolute Gasteiger partial charge is 0.593 e. The molecule has 86 valence electrons. The Morgan fingerprint density at radius 3 is 2.75 bits per heavy atom. The topological polar surface area (TPSA) is 58.6 Å². The third-order valence-corrected chi connectivity index (χ3v) is 2.21. The van der Waals surface area contributed by atoms with Crippen LogP contribution in [0.15, 0.2) is 24.3 Å². The van der Waals surface area contributed by atoms with E-state index in [-0.39, 0.29) is 6.35 Å². The van der Waals surface area contributed by atoms with Crippen molar-refractivity contribution in [3.05, 3.63) is 29.8 Å². The van der Waals surface area contributed by atoms with Crippen LogP contribution in [0.25, 0.3) is 6.08 Å². The molecule has 0 bridgehead atoms. The predicted molar refractivity (Wildman–Crippen MR) is 60.8 cm³/mol. The van der Waals surface area contributed by atoms with Crippen LogP contribution in [0, 0.1) is 0 Å². The van der Waals surface area contributed by atoms with Crippen molar-refractivity contribution in [1.82, 2.24) is 0 Å². The van der Waals surface area contributed by atoms with E-state index in [1.165, 1.54) is 7.11 Å². The lowest BCUT2D eigenvalue weighted by Gasteiger charge is -2.08. The molecule has 1 unspecified atom stereocenters. The maximum absolute atomic E-state index is 10.4. The summed E-state index contributed by atoms with van der Waals surface area (Å²) in [6.45, 7) is 1.92. The summed E-state index contributed by atoms with van der Waals surface area (Å²) < 4.78 is 20.6. The summed E-state index contributed by atoms with van der Waals surface area (Å²) >= 11 is 0. The predicted octanol–water partition coefficient (Wildman–Crippen LogP) is 2.17. The SMILES string of the molecule is C/C=C/c1ccc(OC[P+](=O)[O-])c(OC)c1. The van der Waals surface area contributed by atoms with E-state index in [2.05, 4.69) is 0 Å². The van der Waals surface area contributed by atoms with Gasteiger partial charge in [0.1, 0.15) is 0 Å². The molecule has 0 spiro atoms. The van der Waals surface area contributed by atoms with Crippen molar-refractivity contribution in [1.29, 1.82) is 0 Å². The molecule has 0 aliphatic heterocycles. The van der Waals surface area contributed by atoms with Crippen molar-refractivity contribution in [2.75, 3.05) is 13.5 Å². The number of hydrogen-bond donors (Lipinski definition) is 0. The van der Waals surface area contributed by atoms with Crippen LogP contribution in [0.1, 0.15) is 12.5 Å². The summed E-state index contributed by atoms with van der Waals surface area (Å²) in [4.78, 5) is 10.4. The molecule has 0 aromatic heterocycles. The van der Waals surface area contributed by atoms with Crippen molar-refractivity contribution in [2.24, 2.45) is 0 Å². The van der Waals surface area contributed by atoms with Gasteiger partial charge in [0.25, 0.3) is 6.35 Å². The van der Waals surface area contributed by atoms with Gasteiger partial charge in [0.15, 0.2) is 11.5 Å². The molecule has 1 aromatic carbocycles. The third-order valence-electron chi connectivity index (χ3n) is 1.87. The van der Waals surface area contributed by atoms with Gasteiger partial charge >= 0.3 is 8.03 Å². The van der Waals surface area contributed by atoms with Crippen molar-refractivity contribution in [3.8, 4) is 11.5 Å². The number of ether oxygens (including phenoxy) is 2. The smallest absolute Gasteiger partial charge is 0.350 e. The van der Waals surface area contributed by atoms with Gasteiger partial charge in [-0.15, -0.1) is 0 Å². The normalized spacial score (nSPS) is 11.6. The molecule has 1 rings (SSSR count). The number of benzene rings is 1. The van der Waals surface area contributed by atoms with E-state index in [1.54, 1.807) is 12.1 Å². The van der Waals surface area contributed by atoms with E-state index in [4.69, 9.17) is 9.47 Å². The van der Waals surface area contributed by atoms with Crippen LogP contribution in [-0.2, 0) is 4.57 Å². The molecule has 0 heterocycles. The van der Waals surface area contributed by atoms with Crippen molar-refractivity contribution in [3.63, 3.8) is 0 Å². The standard InChI is InChI=1S/C11H13O4P/c1-3-4-9-5-6-10(11(7-9)14-2)15-8-16(12)13/h3-7H,8H2,1-2H3/b4-3+. The van der Waals surface area contributed by atoms with Gasteiger partial charge in [-0.05, 0) is 24.6 Å². The van der Waals surface area contributed by atoms with E-state index >= 15 is 0 Å². The van der Waals surface area contributed by atoms with E-state index in [0.29, 0.717) is 11.5 Å². The average Bonchev–Trinajstić information content (AvgIpc) is 2.27. The van der Waals surface area contributed by atoms with Crippen LogP contribution in [0.3, 0.4) is 0 Å². The Labute approximate surface area is 95.4 Å². The fourth-order valence-corrected chi connectivity index (χ4v) is 1.47. The molecular formula is C11H13O4P. The van der Waals surface area contributed by atoms with Crippen LogP contribution in [-0.4, -0.2) is 13.5 Å². The zero-order chi connectivity index (χ0) is 12.0. The molecule has 16 heavy (non-hydrogen) atoms. The average molecular weight is 240 g/mol. The third kappa shape index (κ3) is 3.65. The minimum Gasteiger partial charge on any atom is -0.593 e. The van der Waals surface area contributed by atoms with E-state index in [9.17, 15) is 9.46 Å². The van der Waals surface area contributed by atoms with Crippen LogP contribution in [0.5, 0.6) is 11.5 Å². The van der Waals surface area contributed by atoms with Crippen molar-refractivity contribution >= 4 is 14.1 Å². The number of rotatable bonds is 5. The van der Waals surface area contributed by atoms with Gasteiger partial charge in [-0.25, -0.2) is 0 Å². The minimum absolute atomic E-state index is 0.339. The van der Waals surface area contributed by atoms with E-state index in [0.717, 1.165) is 5.56 Å². The Balaban J connectivity index is 2.88. The highest BCUT2D eigenvalue weighted by Crippen LogP contribution is 2.29. The second kappa shape index (κ2) is 6.26. The molecule has 4 nitrogen and oxygen atoms in total. The molecule has 1 aromatic rings. The van der Waals surface area contributed by atoms with Gasteiger partial charge in [0.05, 0.1) is 7.11 Å². The van der Waals surface area contributed by atoms with Gasteiger partial charge < -0.3 is 14.4 Å². The molecule has 0 radical (unpaired) electrons. The van der Waals surface area contributed by atoms with Gasteiger partial charge in [-0.3, -0.25) is 0 Å². The van der Waals surface area contributed by atoms with Crippen molar-refractivity contribution < 1.29 is 18.9 Å². The summed E-state index contributed by atoms with van der Waals surface area (Å²) in [5.74, 6) is 0.947. The van der Waals surface area contributed by atoms with E-state index < -0.39 is 8.03 Å². The highest BCUT2D eigenvalue weighted by Gasteiger charge is 2.08. The van der Waals surface area contributed by atoms with Gasteiger partial charge in [-0.2, -0.15) is 0 Å². The van der Waals surface area contributed by atoms with Crippen LogP contribution >= 0.6 is 8.03 Å². The molecular weight excluding hydrogens is 227 g/mol. The van der Waals surface area contributed by atoms with Gasteiger partial charge in [0.2, 0.25) is 0 Å². The Bertz CT molecular complexity index is 401. The first-order valence-electron chi connectivity index (χ1n) is 4.72. The molecule has 0 saturated heterocycles. The summed E-state index contributed by atoms with van der Waals surface area (Å²) in [7, 11) is -1.03. The Kier molecular flexibility index (Phi) is 4.96. The minimum atomic E-state index is -2.55. The van der Waals surface area contributed by atoms with E-state index in [1.807, 2.05) is 25.1 Å². The summed E-state index contributed by atoms with van der Waals surface area (Å²) in [6.07, 6.45) is 3.49. The molecule has 5 heteroatoms.